The van der Waals surface area contributed by atoms with Crippen LogP contribution in [-0.4, -0.2) is 17.9 Å². The monoisotopic (exact) mass is 472 g/mol. The number of pyridine rings is 1. The smallest absolute Gasteiger partial charge is 0.135 e. The first kappa shape index (κ1) is 26.8. The largest absolute Gasteiger partial charge is 0.399 e. The number of nitrogens with two attached hydrogens (primary N) is 1. The molecule has 1 heterocycles. The molecule has 0 aliphatic heterocycles. The topological polar surface area (TPSA) is 63.0 Å². The zero-order valence-corrected chi connectivity index (χ0v) is 21.5. The zero-order chi connectivity index (χ0) is 25.3. The van der Waals surface area contributed by atoms with Gasteiger partial charge in [-0.05, 0) is 66.8 Å². The maximum absolute atomic E-state index is 6.15. The molecule has 3 aromatic rings. The number of nitrogens with zero attached hydrogens (tertiary/aromatic N) is 1. The summed E-state index contributed by atoms with van der Waals surface area (Å²) in [6, 6.07) is 19.1. The van der Waals surface area contributed by atoms with Crippen molar-refractivity contribution in [2.24, 2.45) is 5.73 Å². The van der Waals surface area contributed by atoms with Crippen molar-refractivity contribution in [3.8, 4) is 24.0 Å². The van der Waals surface area contributed by atoms with Gasteiger partial charge in [0.1, 0.15) is 5.82 Å². The van der Waals surface area contributed by atoms with Crippen LogP contribution in [0.2, 0.25) is 0 Å². The van der Waals surface area contributed by atoms with E-state index in [1.807, 2.05) is 20.9 Å². The number of terminal acetylenes is 1. The number of aryl methyl sites for hydroxylation is 1. The van der Waals surface area contributed by atoms with E-state index in [-0.39, 0.29) is 10.7 Å². The lowest BCUT2D eigenvalue weighted by atomic mass is 9.97. The van der Waals surface area contributed by atoms with Gasteiger partial charge in [0.2, 0.25) is 0 Å². The summed E-state index contributed by atoms with van der Waals surface area (Å²) in [5, 5.41) is 3.20. The van der Waals surface area contributed by atoms with E-state index in [1.165, 1.54) is 23.3 Å². The Morgan fingerprint density at radius 3 is 2.26 bits per heavy atom. The van der Waals surface area contributed by atoms with E-state index in [4.69, 9.17) is 10.7 Å². The number of nitrogens with one attached hydrogen (secondary N) is 2. The molecule has 4 rings (SSSR count). The van der Waals surface area contributed by atoms with Gasteiger partial charge in [0.15, 0.2) is 0 Å². The summed E-state index contributed by atoms with van der Waals surface area (Å²) in [5.74, 6) is 5.64. The minimum absolute atomic E-state index is 0.318. The fourth-order valence-corrected chi connectivity index (χ4v) is 4.68. The third-order valence-corrected chi connectivity index (χ3v) is 6.61. The Hall–Kier alpha value is -3.49. The number of hydrogen-bond acceptors (Lipinski definition) is 4. The molecule has 1 aromatic heterocycles. The molecule has 0 spiro atoms. The molecule has 0 bridgehead atoms. The van der Waals surface area contributed by atoms with Crippen LogP contribution in [-0.2, 0) is 0 Å². The maximum Gasteiger partial charge on any atom is 0.135 e. The number of anilines is 2. The van der Waals surface area contributed by atoms with E-state index in [0.29, 0.717) is 11.6 Å². The summed E-state index contributed by atoms with van der Waals surface area (Å²) in [6.45, 7) is 10.1. The predicted molar refractivity (Wildman–Crippen MR) is 153 cm³/mol. The minimum atomic E-state index is -0.318. The van der Waals surface area contributed by atoms with Crippen molar-refractivity contribution in [1.82, 2.24) is 4.98 Å². The van der Waals surface area contributed by atoms with Crippen molar-refractivity contribution >= 4 is 33.7 Å². The summed E-state index contributed by atoms with van der Waals surface area (Å²) in [7, 11) is 1.56. The van der Waals surface area contributed by atoms with Gasteiger partial charge < -0.3 is 15.8 Å². The van der Waals surface area contributed by atoms with Crippen LogP contribution in [0.15, 0.2) is 66.1 Å². The Morgan fingerprint density at radius 1 is 1.09 bits per heavy atom. The Kier molecular flexibility index (Phi) is 9.97. The Balaban J connectivity index is 0.000000970. The van der Waals surface area contributed by atoms with Crippen molar-refractivity contribution < 1.29 is 0 Å². The van der Waals surface area contributed by atoms with Crippen LogP contribution < -0.4 is 15.8 Å². The second-order valence-electron chi connectivity index (χ2n) is 7.75. The summed E-state index contributed by atoms with van der Waals surface area (Å²) in [6.07, 6.45) is 10.4. The van der Waals surface area contributed by atoms with E-state index in [9.17, 15) is 0 Å². The molecular weight excluding hydrogens is 436 g/mol. The fraction of sp³-hybridized carbons (Fsp3) is 0.241. The van der Waals surface area contributed by atoms with Crippen molar-refractivity contribution in [1.29, 1.82) is 0 Å². The predicted octanol–water partition coefficient (Wildman–Crippen LogP) is 7.27. The van der Waals surface area contributed by atoms with E-state index < -0.39 is 0 Å². The molecule has 4 N–H and O–H groups in total. The second kappa shape index (κ2) is 12.7. The summed E-state index contributed by atoms with van der Waals surface area (Å²) in [4.78, 5) is 5.98. The molecule has 0 amide bonds. The lowest BCUT2D eigenvalue weighted by molar-refractivity contribution is 1.02. The van der Waals surface area contributed by atoms with Crippen LogP contribution in [0.3, 0.4) is 0 Å². The third kappa shape index (κ3) is 6.52. The molecule has 5 heteroatoms. The van der Waals surface area contributed by atoms with Gasteiger partial charge in [-0.1, -0.05) is 61.2 Å². The number of rotatable bonds is 7. The molecule has 2 aromatic carbocycles. The normalized spacial score (nSPS) is 12.8. The third-order valence-electron chi connectivity index (χ3n) is 5.30. The minimum Gasteiger partial charge on any atom is -0.399 e. The molecule has 1 saturated carbocycles. The molecule has 1 atom stereocenters. The number of aromatic nitrogens is 1. The highest BCUT2D eigenvalue weighted by Gasteiger charge is 2.27. The lowest BCUT2D eigenvalue weighted by Crippen LogP contribution is -2.07. The Labute approximate surface area is 207 Å². The van der Waals surface area contributed by atoms with Crippen LogP contribution in [0.25, 0.3) is 16.8 Å². The van der Waals surface area contributed by atoms with Crippen molar-refractivity contribution in [3.05, 3.63) is 78.0 Å². The average Bonchev–Trinajstić information content (AvgIpc) is 3.72. The van der Waals surface area contributed by atoms with Crippen LogP contribution >= 0.6 is 10.7 Å². The van der Waals surface area contributed by atoms with Crippen molar-refractivity contribution in [2.75, 3.05) is 17.1 Å². The van der Waals surface area contributed by atoms with Crippen LogP contribution in [0.1, 0.15) is 49.4 Å². The number of benzene rings is 2. The van der Waals surface area contributed by atoms with Crippen molar-refractivity contribution in [3.63, 3.8) is 0 Å². The van der Waals surface area contributed by atoms with Gasteiger partial charge in [-0.2, -0.15) is 0 Å². The highest BCUT2D eigenvalue weighted by Crippen LogP contribution is 2.43. The van der Waals surface area contributed by atoms with Gasteiger partial charge in [-0.3, -0.25) is 0 Å². The van der Waals surface area contributed by atoms with Gasteiger partial charge >= 0.3 is 0 Å². The Morgan fingerprint density at radius 2 is 1.74 bits per heavy atom. The van der Waals surface area contributed by atoms with Crippen molar-refractivity contribution in [2.45, 2.75) is 44.4 Å². The standard InChI is InChI=1S/C25H28N4S.C2H6.C2H2/c1-16-6-5-7-21(14-16)30(4)29-20-12-10-18(11-13-20)22-15-23(19-8-9-19)28-25(27-3)24(22)17(2)26;2*1-2/h5-7,10-15,19,29H,2,4,8-9,26H2,1,3H3,(H,27,28);1-2H3;1-2H. The van der Waals surface area contributed by atoms with Gasteiger partial charge in [0, 0.05) is 40.5 Å². The highest BCUT2D eigenvalue weighted by molar-refractivity contribution is 8.15. The first-order valence-electron chi connectivity index (χ1n) is 11.4. The second-order valence-corrected chi connectivity index (χ2v) is 9.21. The molecule has 1 aliphatic rings. The van der Waals surface area contributed by atoms with E-state index in [1.54, 1.807) is 0 Å². The van der Waals surface area contributed by atoms with E-state index in [2.05, 4.69) is 96.9 Å². The van der Waals surface area contributed by atoms with Crippen LogP contribution in [0.4, 0.5) is 11.5 Å². The molecule has 1 aliphatic carbocycles. The number of hydrogen-bond donors (Lipinski definition) is 3. The quantitative estimate of drug-likeness (QED) is 0.250. The summed E-state index contributed by atoms with van der Waals surface area (Å²) in [5.41, 5.74) is 13.1. The van der Waals surface area contributed by atoms with E-state index >= 15 is 0 Å². The average molecular weight is 473 g/mol. The van der Waals surface area contributed by atoms with Crippen LogP contribution in [0, 0.1) is 19.8 Å². The summed E-state index contributed by atoms with van der Waals surface area (Å²) >= 11 is 0. The van der Waals surface area contributed by atoms with E-state index in [0.717, 1.165) is 33.9 Å². The molecular formula is C29H36N4S. The zero-order valence-electron chi connectivity index (χ0n) is 20.7. The SMILES string of the molecule is C#C.C=C(N)c1c(-c2ccc(NS(=C)c3cccc(C)c3)cc2)cc(C2CC2)nc1NC.CC. The lowest BCUT2D eigenvalue weighted by Gasteiger charge is -2.17. The van der Waals surface area contributed by atoms with Gasteiger partial charge in [0.25, 0.3) is 0 Å². The molecule has 0 saturated heterocycles. The molecule has 4 nitrogen and oxygen atoms in total. The summed E-state index contributed by atoms with van der Waals surface area (Å²) < 4.78 is 3.51. The van der Waals surface area contributed by atoms with Crippen LogP contribution in [0.5, 0.6) is 0 Å². The first-order valence-corrected chi connectivity index (χ1v) is 12.8. The fourth-order valence-electron chi connectivity index (χ4n) is 3.57. The van der Waals surface area contributed by atoms with Gasteiger partial charge in [-0.25, -0.2) is 4.98 Å². The van der Waals surface area contributed by atoms with Gasteiger partial charge in [0.05, 0.1) is 0 Å². The maximum atomic E-state index is 6.15. The Bertz CT molecular complexity index is 1160. The molecule has 34 heavy (non-hydrogen) atoms. The molecule has 1 unspecified atom stereocenters. The van der Waals surface area contributed by atoms with Gasteiger partial charge in [-0.15, -0.1) is 12.8 Å². The molecule has 178 valence electrons. The first-order chi connectivity index (χ1) is 16.5. The highest BCUT2D eigenvalue weighted by atomic mass is 32.2. The molecule has 0 radical (unpaired) electrons. The molecule has 1 fully saturated rings.